The number of aryl methyl sites for hydroxylation is 1. The number of fused-ring (bicyclic) bond motifs is 1. The van der Waals surface area contributed by atoms with Gasteiger partial charge in [-0.05, 0) is 36.9 Å². The van der Waals surface area contributed by atoms with Crippen LogP contribution in [0.3, 0.4) is 0 Å². The summed E-state index contributed by atoms with van der Waals surface area (Å²) in [5.41, 5.74) is 3.09. The van der Waals surface area contributed by atoms with Crippen molar-refractivity contribution in [1.29, 1.82) is 0 Å². The highest BCUT2D eigenvalue weighted by atomic mass is 35.5. The lowest BCUT2D eigenvalue weighted by Gasteiger charge is -2.18. The minimum atomic E-state index is 0. The van der Waals surface area contributed by atoms with Crippen molar-refractivity contribution in [2.45, 2.75) is 38.6 Å². The molecule has 0 radical (unpaired) electrons. The van der Waals surface area contributed by atoms with Crippen LogP contribution in [-0.2, 0) is 6.42 Å². The monoisotopic (exact) mass is 225 g/mol. The van der Waals surface area contributed by atoms with Gasteiger partial charge >= 0.3 is 0 Å². The van der Waals surface area contributed by atoms with E-state index in [9.17, 15) is 0 Å². The van der Waals surface area contributed by atoms with E-state index >= 15 is 0 Å². The molecule has 84 valence electrons. The zero-order valence-corrected chi connectivity index (χ0v) is 10.1. The molecule has 0 bridgehead atoms. The summed E-state index contributed by atoms with van der Waals surface area (Å²) >= 11 is 0. The predicted octanol–water partition coefficient (Wildman–Crippen LogP) is 3.49. The molecular weight excluding hydrogens is 206 g/mol. The average molecular weight is 226 g/mol. The Kier molecular flexibility index (Phi) is 5.13. The Balaban J connectivity index is 0.00000112. The molecule has 1 nitrogen and oxygen atoms in total. The first-order valence-electron chi connectivity index (χ1n) is 5.73. The van der Waals surface area contributed by atoms with Gasteiger partial charge in [0.1, 0.15) is 0 Å². The minimum absolute atomic E-state index is 0. The van der Waals surface area contributed by atoms with Crippen LogP contribution in [-0.4, -0.2) is 6.54 Å². The zero-order chi connectivity index (χ0) is 9.80. The summed E-state index contributed by atoms with van der Waals surface area (Å²) in [4.78, 5) is 0. The number of nitrogens with one attached hydrogen (secondary N) is 1. The lowest BCUT2D eigenvalue weighted by molar-refractivity contribution is 0.504. The van der Waals surface area contributed by atoms with E-state index in [1.54, 1.807) is 5.56 Å². The smallest absolute Gasteiger partial charge is 0.0322 e. The number of hydrogen-bond acceptors (Lipinski definition) is 1. The Hall–Kier alpha value is -0.530. The van der Waals surface area contributed by atoms with Gasteiger partial charge < -0.3 is 5.32 Å². The van der Waals surface area contributed by atoms with E-state index in [2.05, 4.69) is 36.5 Å². The fraction of sp³-hybridized carbons (Fsp3) is 0.538. The predicted molar refractivity (Wildman–Crippen MR) is 67.7 cm³/mol. The number of hydrogen-bond donors (Lipinski definition) is 1. The van der Waals surface area contributed by atoms with Crippen molar-refractivity contribution in [3.8, 4) is 0 Å². The maximum atomic E-state index is 3.58. The van der Waals surface area contributed by atoms with E-state index in [1.165, 1.54) is 31.2 Å². The van der Waals surface area contributed by atoms with E-state index in [1.807, 2.05) is 0 Å². The highest BCUT2D eigenvalue weighted by molar-refractivity contribution is 5.85. The third kappa shape index (κ3) is 2.96. The Morgan fingerprint density at radius 2 is 2.07 bits per heavy atom. The van der Waals surface area contributed by atoms with E-state index in [0.29, 0.717) is 6.04 Å². The lowest BCUT2D eigenvalue weighted by atomic mass is 9.99. The normalized spacial score (nSPS) is 19.9. The zero-order valence-electron chi connectivity index (χ0n) is 9.33. The quantitative estimate of drug-likeness (QED) is 0.760. The number of rotatable bonds is 2. The minimum Gasteiger partial charge on any atom is -0.310 e. The van der Waals surface area contributed by atoms with Crippen molar-refractivity contribution in [3.05, 3.63) is 35.4 Å². The molecule has 0 amide bonds. The van der Waals surface area contributed by atoms with E-state index in [-0.39, 0.29) is 12.4 Å². The molecule has 0 spiro atoms. The SMILES string of the molecule is CCNC1CCCCc2ccccc21.Cl. The van der Waals surface area contributed by atoms with Gasteiger partial charge in [-0.25, -0.2) is 0 Å². The van der Waals surface area contributed by atoms with E-state index < -0.39 is 0 Å². The van der Waals surface area contributed by atoms with Crippen molar-refractivity contribution >= 4 is 12.4 Å². The molecule has 1 N–H and O–H groups in total. The molecule has 0 fully saturated rings. The summed E-state index contributed by atoms with van der Waals surface area (Å²) in [6, 6.07) is 9.49. The van der Waals surface area contributed by atoms with Crippen LogP contribution in [0, 0.1) is 0 Å². The molecule has 0 saturated heterocycles. The van der Waals surface area contributed by atoms with Crippen LogP contribution >= 0.6 is 12.4 Å². The molecule has 1 atom stereocenters. The molecule has 1 aliphatic carbocycles. The Morgan fingerprint density at radius 3 is 2.87 bits per heavy atom. The van der Waals surface area contributed by atoms with Gasteiger partial charge in [0, 0.05) is 6.04 Å². The molecule has 1 aromatic carbocycles. The summed E-state index contributed by atoms with van der Waals surface area (Å²) < 4.78 is 0. The van der Waals surface area contributed by atoms with E-state index in [0.717, 1.165) is 6.54 Å². The molecule has 0 aromatic heterocycles. The summed E-state index contributed by atoms with van der Waals surface area (Å²) in [5, 5.41) is 3.58. The van der Waals surface area contributed by atoms with Crippen molar-refractivity contribution in [1.82, 2.24) is 5.32 Å². The van der Waals surface area contributed by atoms with Gasteiger partial charge in [-0.1, -0.05) is 37.6 Å². The maximum absolute atomic E-state index is 3.58. The van der Waals surface area contributed by atoms with Crippen molar-refractivity contribution in [2.24, 2.45) is 0 Å². The Morgan fingerprint density at radius 1 is 1.27 bits per heavy atom. The van der Waals surface area contributed by atoms with Gasteiger partial charge in [-0.15, -0.1) is 12.4 Å². The Bertz CT molecular complexity index is 298. The molecule has 2 rings (SSSR count). The highest BCUT2D eigenvalue weighted by Crippen LogP contribution is 2.28. The summed E-state index contributed by atoms with van der Waals surface area (Å²) in [7, 11) is 0. The van der Waals surface area contributed by atoms with Crippen LogP contribution in [0.2, 0.25) is 0 Å². The van der Waals surface area contributed by atoms with Gasteiger partial charge in [0.2, 0.25) is 0 Å². The Labute approximate surface area is 98.7 Å². The topological polar surface area (TPSA) is 12.0 Å². The summed E-state index contributed by atoms with van der Waals surface area (Å²) in [6.07, 6.45) is 5.26. The molecule has 15 heavy (non-hydrogen) atoms. The van der Waals surface area contributed by atoms with Gasteiger partial charge in [0.25, 0.3) is 0 Å². The van der Waals surface area contributed by atoms with E-state index in [4.69, 9.17) is 0 Å². The number of halogens is 1. The first kappa shape index (κ1) is 12.5. The highest BCUT2D eigenvalue weighted by Gasteiger charge is 2.16. The molecule has 2 heteroatoms. The van der Waals surface area contributed by atoms with Crippen molar-refractivity contribution < 1.29 is 0 Å². The fourth-order valence-corrected chi connectivity index (χ4v) is 2.38. The third-order valence-electron chi connectivity index (χ3n) is 3.07. The molecule has 1 unspecified atom stereocenters. The molecule has 1 aromatic rings. The summed E-state index contributed by atoms with van der Waals surface area (Å²) in [6.45, 7) is 3.26. The van der Waals surface area contributed by atoms with Crippen LogP contribution in [0.25, 0.3) is 0 Å². The van der Waals surface area contributed by atoms with Crippen molar-refractivity contribution in [3.63, 3.8) is 0 Å². The van der Waals surface area contributed by atoms with Crippen LogP contribution in [0.4, 0.5) is 0 Å². The number of benzene rings is 1. The standard InChI is InChI=1S/C13H19N.ClH/c1-2-14-13-10-6-4-8-11-7-3-5-9-12(11)13;/h3,5,7,9,13-14H,2,4,6,8,10H2,1H3;1H. The molecule has 0 heterocycles. The van der Waals surface area contributed by atoms with Crippen LogP contribution in [0.15, 0.2) is 24.3 Å². The van der Waals surface area contributed by atoms with Crippen LogP contribution in [0.1, 0.15) is 43.4 Å². The fourth-order valence-electron chi connectivity index (χ4n) is 2.38. The second-order valence-corrected chi connectivity index (χ2v) is 4.05. The summed E-state index contributed by atoms with van der Waals surface area (Å²) in [5.74, 6) is 0. The van der Waals surface area contributed by atoms with Crippen LogP contribution in [0.5, 0.6) is 0 Å². The van der Waals surface area contributed by atoms with Crippen molar-refractivity contribution in [2.75, 3.05) is 6.54 Å². The molecule has 0 saturated carbocycles. The average Bonchev–Trinajstić information content (AvgIpc) is 2.42. The first-order valence-corrected chi connectivity index (χ1v) is 5.73. The van der Waals surface area contributed by atoms with Gasteiger partial charge in [0.15, 0.2) is 0 Å². The van der Waals surface area contributed by atoms with Gasteiger partial charge in [-0.3, -0.25) is 0 Å². The second-order valence-electron chi connectivity index (χ2n) is 4.05. The lowest BCUT2D eigenvalue weighted by Crippen LogP contribution is -2.20. The molecule has 0 aliphatic heterocycles. The first-order chi connectivity index (χ1) is 6.92. The maximum Gasteiger partial charge on any atom is 0.0322 e. The second kappa shape index (κ2) is 6.14. The largest absolute Gasteiger partial charge is 0.310 e. The van der Waals surface area contributed by atoms with Gasteiger partial charge in [0.05, 0.1) is 0 Å². The van der Waals surface area contributed by atoms with Gasteiger partial charge in [-0.2, -0.15) is 0 Å². The third-order valence-corrected chi connectivity index (χ3v) is 3.07. The molecular formula is C13H20ClN. The van der Waals surface area contributed by atoms with Crippen LogP contribution < -0.4 is 5.32 Å². The molecule has 1 aliphatic rings.